The average Bonchev–Trinajstić information content (AvgIpc) is 2.62. The average molecular weight is 149 g/mol. The van der Waals surface area contributed by atoms with Crippen LogP contribution in [-0.2, 0) is 0 Å². The van der Waals surface area contributed by atoms with Crippen molar-refractivity contribution >= 4 is 0 Å². The zero-order valence-corrected chi connectivity index (χ0v) is 6.79. The molecule has 1 heteroatoms. The first kappa shape index (κ1) is 7.11. The highest BCUT2D eigenvalue weighted by atomic mass is 14.6. The molecule has 0 aliphatic heterocycles. The third-order valence-electron chi connectivity index (χ3n) is 3.07. The standard InChI is InChI=1S/C10H15N/c1-7(6-11)10-5-8-2-3-9(10)4-8/h2-3,8-10H,1,4-6,11H2. The second-order valence-electron chi connectivity index (χ2n) is 3.75. The van der Waals surface area contributed by atoms with Crippen LogP contribution in [0.2, 0.25) is 0 Å². The first-order chi connectivity index (χ1) is 5.31. The summed E-state index contributed by atoms with van der Waals surface area (Å²) >= 11 is 0. The Hall–Kier alpha value is -0.560. The summed E-state index contributed by atoms with van der Waals surface area (Å²) in [7, 11) is 0. The van der Waals surface area contributed by atoms with Gasteiger partial charge in [-0.3, -0.25) is 0 Å². The number of fused-ring (bicyclic) bond motifs is 2. The Morgan fingerprint density at radius 1 is 1.45 bits per heavy atom. The van der Waals surface area contributed by atoms with E-state index in [1.54, 1.807) is 0 Å². The van der Waals surface area contributed by atoms with E-state index in [1.807, 2.05) is 0 Å². The molecule has 0 amide bonds. The lowest BCUT2D eigenvalue weighted by Gasteiger charge is -2.19. The van der Waals surface area contributed by atoms with Crippen LogP contribution in [0.15, 0.2) is 24.3 Å². The van der Waals surface area contributed by atoms with Gasteiger partial charge in [0.05, 0.1) is 0 Å². The van der Waals surface area contributed by atoms with Gasteiger partial charge in [0, 0.05) is 6.54 Å². The Balaban J connectivity index is 2.08. The quantitative estimate of drug-likeness (QED) is 0.594. The van der Waals surface area contributed by atoms with E-state index in [1.165, 1.54) is 18.4 Å². The fourth-order valence-electron chi connectivity index (χ4n) is 2.40. The van der Waals surface area contributed by atoms with E-state index in [4.69, 9.17) is 5.73 Å². The molecule has 0 aromatic rings. The van der Waals surface area contributed by atoms with Gasteiger partial charge in [0.15, 0.2) is 0 Å². The summed E-state index contributed by atoms with van der Waals surface area (Å²) < 4.78 is 0. The molecule has 2 N–H and O–H groups in total. The second kappa shape index (κ2) is 2.49. The van der Waals surface area contributed by atoms with Crippen molar-refractivity contribution in [1.29, 1.82) is 0 Å². The van der Waals surface area contributed by atoms with Gasteiger partial charge in [0.1, 0.15) is 0 Å². The molecule has 1 fully saturated rings. The summed E-state index contributed by atoms with van der Waals surface area (Å²) in [4.78, 5) is 0. The van der Waals surface area contributed by atoms with Crippen LogP contribution in [0.1, 0.15) is 12.8 Å². The lowest BCUT2D eigenvalue weighted by atomic mass is 9.87. The molecule has 11 heavy (non-hydrogen) atoms. The largest absolute Gasteiger partial charge is 0.327 e. The predicted molar refractivity (Wildman–Crippen MR) is 47.0 cm³/mol. The first-order valence-electron chi connectivity index (χ1n) is 4.37. The predicted octanol–water partition coefficient (Wildman–Crippen LogP) is 1.71. The summed E-state index contributed by atoms with van der Waals surface area (Å²) in [5.41, 5.74) is 6.81. The molecule has 3 unspecified atom stereocenters. The summed E-state index contributed by atoms with van der Waals surface area (Å²) in [6.45, 7) is 4.68. The summed E-state index contributed by atoms with van der Waals surface area (Å²) in [6, 6.07) is 0. The minimum absolute atomic E-state index is 0.668. The van der Waals surface area contributed by atoms with Crippen molar-refractivity contribution in [3.63, 3.8) is 0 Å². The Bertz CT molecular complexity index is 205. The second-order valence-corrected chi connectivity index (χ2v) is 3.75. The van der Waals surface area contributed by atoms with Crippen LogP contribution < -0.4 is 5.73 Å². The molecule has 1 saturated carbocycles. The fourth-order valence-corrected chi connectivity index (χ4v) is 2.40. The fraction of sp³-hybridized carbons (Fsp3) is 0.600. The number of nitrogens with two attached hydrogens (primary N) is 1. The van der Waals surface area contributed by atoms with Crippen LogP contribution >= 0.6 is 0 Å². The highest BCUT2D eigenvalue weighted by Gasteiger charge is 2.36. The van der Waals surface area contributed by atoms with Crippen LogP contribution in [0, 0.1) is 17.8 Å². The molecule has 2 aliphatic rings. The van der Waals surface area contributed by atoms with Crippen molar-refractivity contribution in [2.24, 2.45) is 23.5 Å². The molecule has 60 valence electrons. The van der Waals surface area contributed by atoms with Crippen molar-refractivity contribution in [2.45, 2.75) is 12.8 Å². The number of rotatable bonds is 2. The smallest absolute Gasteiger partial charge is 0.0137 e. The molecular weight excluding hydrogens is 134 g/mol. The van der Waals surface area contributed by atoms with E-state index in [0.717, 1.165) is 11.8 Å². The summed E-state index contributed by atoms with van der Waals surface area (Å²) in [6.07, 6.45) is 7.35. The van der Waals surface area contributed by atoms with Crippen molar-refractivity contribution in [1.82, 2.24) is 0 Å². The van der Waals surface area contributed by atoms with Gasteiger partial charge >= 0.3 is 0 Å². The van der Waals surface area contributed by atoms with Gasteiger partial charge in [0.2, 0.25) is 0 Å². The van der Waals surface area contributed by atoms with E-state index in [9.17, 15) is 0 Å². The van der Waals surface area contributed by atoms with Crippen LogP contribution in [-0.4, -0.2) is 6.54 Å². The molecule has 0 radical (unpaired) electrons. The SMILES string of the molecule is C=C(CN)C1CC2C=CC1C2. The Morgan fingerprint density at radius 3 is 2.73 bits per heavy atom. The Kier molecular flexibility index (Phi) is 1.61. The molecule has 0 aromatic heterocycles. The molecular formula is C10H15N. The highest BCUT2D eigenvalue weighted by molar-refractivity contribution is 5.19. The van der Waals surface area contributed by atoms with Crippen molar-refractivity contribution in [3.8, 4) is 0 Å². The minimum atomic E-state index is 0.668. The maximum absolute atomic E-state index is 5.56. The maximum atomic E-state index is 5.56. The molecule has 0 heterocycles. The van der Waals surface area contributed by atoms with Gasteiger partial charge in [-0.2, -0.15) is 0 Å². The molecule has 1 nitrogen and oxygen atoms in total. The zero-order valence-electron chi connectivity index (χ0n) is 6.79. The van der Waals surface area contributed by atoms with Gasteiger partial charge in [0.25, 0.3) is 0 Å². The van der Waals surface area contributed by atoms with Crippen LogP contribution in [0.5, 0.6) is 0 Å². The summed E-state index contributed by atoms with van der Waals surface area (Å²) in [5, 5.41) is 0. The first-order valence-corrected chi connectivity index (χ1v) is 4.37. The van der Waals surface area contributed by atoms with Crippen molar-refractivity contribution in [3.05, 3.63) is 24.3 Å². The monoisotopic (exact) mass is 149 g/mol. The third-order valence-corrected chi connectivity index (χ3v) is 3.07. The minimum Gasteiger partial charge on any atom is -0.327 e. The molecule has 2 aliphatic carbocycles. The normalized spacial score (nSPS) is 39.9. The van der Waals surface area contributed by atoms with Crippen molar-refractivity contribution < 1.29 is 0 Å². The Labute approximate surface area is 68.0 Å². The molecule has 0 saturated heterocycles. The van der Waals surface area contributed by atoms with E-state index in [2.05, 4.69) is 18.7 Å². The van der Waals surface area contributed by atoms with Crippen LogP contribution in [0.4, 0.5) is 0 Å². The van der Waals surface area contributed by atoms with Gasteiger partial charge in [-0.15, -0.1) is 0 Å². The molecule has 0 spiro atoms. The van der Waals surface area contributed by atoms with Gasteiger partial charge in [-0.25, -0.2) is 0 Å². The lowest BCUT2D eigenvalue weighted by molar-refractivity contribution is 0.514. The molecule has 2 bridgehead atoms. The van der Waals surface area contributed by atoms with E-state index < -0.39 is 0 Å². The van der Waals surface area contributed by atoms with Crippen LogP contribution in [0.25, 0.3) is 0 Å². The van der Waals surface area contributed by atoms with E-state index in [-0.39, 0.29) is 0 Å². The molecule has 0 aromatic carbocycles. The number of allylic oxidation sites excluding steroid dienone is 2. The number of hydrogen-bond donors (Lipinski definition) is 1. The van der Waals surface area contributed by atoms with E-state index >= 15 is 0 Å². The molecule has 3 atom stereocenters. The third kappa shape index (κ3) is 1.04. The highest BCUT2D eigenvalue weighted by Crippen LogP contribution is 2.45. The van der Waals surface area contributed by atoms with Crippen molar-refractivity contribution in [2.75, 3.05) is 6.54 Å². The topological polar surface area (TPSA) is 26.0 Å². The summed E-state index contributed by atoms with van der Waals surface area (Å²) in [5.74, 6) is 2.32. The molecule has 2 rings (SSSR count). The maximum Gasteiger partial charge on any atom is 0.0137 e. The Morgan fingerprint density at radius 2 is 2.27 bits per heavy atom. The van der Waals surface area contributed by atoms with Gasteiger partial charge < -0.3 is 5.73 Å². The number of hydrogen-bond acceptors (Lipinski definition) is 1. The van der Waals surface area contributed by atoms with Crippen LogP contribution in [0.3, 0.4) is 0 Å². The van der Waals surface area contributed by atoms with Gasteiger partial charge in [-0.05, 0) is 30.6 Å². The van der Waals surface area contributed by atoms with E-state index in [0.29, 0.717) is 12.5 Å². The van der Waals surface area contributed by atoms with Gasteiger partial charge in [-0.1, -0.05) is 24.3 Å². The lowest BCUT2D eigenvalue weighted by Crippen LogP contribution is -2.15. The zero-order chi connectivity index (χ0) is 7.84.